The summed E-state index contributed by atoms with van der Waals surface area (Å²) in [7, 11) is 0. The lowest BCUT2D eigenvalue weighted by Gasteiger charge is -2.26. The minimum Gasteiger partial charge on any atom is -0.456 e. The van der Waals surface area contributed by atoms with Crippen LogP contribution in [-0.4, -0.2) is 0 Å². The summed E-state index contributed by atoms with van der Waals surface area (Å²) in [5.41, 5.74) is 17.1. The molecule has 0 aliphatic carbocycles. The Morgan fingerprint density at radius 2 is 0.667 bits per heavy atom. The van der Waals surface area contributed by atoms with Crippen molar-refractivity contribution in [2.45, 2.75) is 0 Å². The van der Waals surface area contributed by atoms with Gasteiger partial charge in [-0.05, 0) is 126 Å². The second-order valence-electron chi connectivity index (χ2n) is 16.8. The third-order valence-electron chi connectivity index (χ3n) is 12.9. The highest BCUT2D eigenvalue weighted by Gasteiger charge is 2.18. The number of anilines is 3. The zero-order valence-electron chi connectivity index (χ0n) is 36.2. The molecule has 0 fully saturated rings. The van der Waals surface area contributed by atoms with Gasteiger partial charge >= 0.3 is 0 Å². The van der Waals surface area contributed by atoms with Gasteiger partial charge in [0.1, 0.15) is 11.3 Å². The highest BCUT2D eigenvalue weighted by atomic mass is 16.3. The van der Waals surface area contributed by atoms with E-state index in [2.05, 4.69) is 248 Å². The SMILES string of the molecule is c1ccc(-c2ccccc2-c2ccccc2-c2ccc(N(c3ccc(-c4ccc(-c5ccccc5-c5cc6ccccc6o5)cc4)cc3)c3ccc4c(ccc5ccccc54)c3)cc2)cc1. The third kappa shape index (κ3) is 7.21. The van der Waals surface area contributed by atoms with Crippen LogP contribution in [0.25, 0.3) is 99.5 Å². The van der Waals surface area contributed by atoms with Crippen molar-refractivity contribution >= 4 is 49.6 Å². The molecule has 0 aliphatic heterocycles. The average Bonchev–Trinajstić information content (AvgIpc) is 3.84. The van der Waals surface area contributed by atoms with Gasteiger partial charge in [-0.3, -0.25) is 0 Å². The van der Waals surface area contributed by atoms with Crippen LogP contribution in [0.3, 0.4) is 0 Å². The molecule has 0 spiro atoms. The Hall–Kier alpha value is -8.72. The molecule has 0 atom stereocenters. The summed E-state index contributed by atoms with van der Waals surface area (Å²) < 4.78 is 6.30. The predicted molar refractivity (Wildman–Crippen MR) is 279 cm³/mol. The number of benzene rings is 11. The molecule has 12 rings (SSSR count). The van der Waals surface area contributed by atoms with E-state index in [4.69, 9.17) is 4.42 Å². The molecule has 1 heterocycles. The Bertz CT molecular complexity index is 3640. The van der Waals surface area contributed by atoms with Crippen LogP contribution < -0.4 is 4.90 Å². The van der Waals surface area contributed by atoms with Gasteiger partial charge in [0.2, 0.25) is 0 Å². The molecular formula is C64H43NO. The molecule has 0 bridgehead atoms. The van der Waals surface area contributed by atoms with Crippen LogP contribution >= 0.6 is 0 Å². The van der Waals surface area contributed by atoms with Crippen molar-refractivity contribution in [2.75, 3.05) is 4.90 Å². The normalized spacial score (nSPS) is 11.3. The zero-order valence-corrected chi connectivity index (χ0v) is 36.2. The molecule has 11 aromatic carbocycles. The molecule has 0 radical (unpaired) electrons. The van der Waals surface area contributed by atoms with E-state index in [-0.39, 0.29) is 0 Å². The van der Waals surface area contributed by atoms with Crippen LogP contribution in [-0.2, 0) is 0 Å². The lowest BCUT2D eigenvalue weighted by Crippen LogP contribution is -2.09. The Morgan fingerprint density at radius 1 is 0.242 bits per heavy atom. The highest BCUT2D eigenvalue weighted by Crippen LogP contribution is 2.42. The van der Waals surface area contributed by atoms with Crippen molar-refractivity contribution in [3.63, 3.8) is 0 Å². The van der Waals surface area contributed by atoms with Crippen LogP contribution in [0.15, 0.2) is 265 Å². The van der Waals surface area contributed by atoms with Crippen molar-refractivity contribution in [3.05, 3.63) is 261 Å². The zero-order chi connectivity index (χ0) is 43.8. The Morgan fingerprint density at radius 3 is 1.30 bits per heavy atom. The fraction of sp³-hybridized carbons (Fsp3) is 0. The Balaban J connectivity index is 0.898. The van der Waals surface area contributed by atoms with Gasteiger partial charge < -0.3 is 9.32 Å². The number of hydrogen-bond donors (Lipinski definition) is 0. The summed E-state index contributed by atoms with van der Waals surface area (Å²) in [6, 6.07) is 93.8. The molecule has 2 heteroatoms. The molecule has 0 unspecified atom stereocenters. The first kappa shape index (κ1) is 38.9. The molecule has 12 aromatic rings. The number of fused-ring (bicyclic) bond motifs is 4. The number of hydrogen-bond acceptors (Lipinski definition) is 2. The van der Waals surface area contributed by atoms with Crippen LogP contribution in [0.1, 0.15) is 0 Å². The quantitative estimate of drug-likeness (QED) is 0.135. The maximum atomic E-state index is 6.30. The summed E-state index contributed by atoms with van der Waals surface area (Å²) in [5, 5.41) is 6.07. The second-order valence-corrected chi connectivity index (χ2v) is 16.8. The maximum absolute atomic E-state index is 6.30. The first-order valence-corrected chi connectivity index (χ1v) is 22.6. The largest absolute Gasteiger partial charge is 0.456 e. The van der Waals surface area contributed by atoms with Gasteiger partial charge in [-0.25, -0.2) is 0 Å². The van der Waals surface area contributed by atoms with Gasteiger partial charge in [-0.15, -0.1) is 0 Å². The first-order valence-electron chi connectivity index (χ1n) is 22.6. The summed E-state index contributed by atoms with van der Waals surface area (Å²) in [6.45, 7) is 0. The summed E-state index contributed by atoms with van der Waals surface area (Å²) in [5.74, 6) is 0.875. The summed E-state index contributed by atoms with van der Waals surface area (Å²) in [4.78, 5) is 2.37. The van der Waals surface area contributed by atoms with Gasteiger partial charge in [0.05, 0.1) is 0 Å². The van der Waals surface area contributed by atoms with Gasteiger partial charge in [0, 0.05) is 28.0 Å². The number of furan rings is 1. The number of nitrogens with zero attached hydrogens (tertiary/aromatic N) is 1. The van der Waals surface area contributed by atoms with Crippen molar-refractivity contribution in [1.29, 1.82) is 0 Å². The Kier molecular flexibility index (Phi) is 9.89. The average molecular weight is 842 g/mol. The monoisotopic (exact) mass is 841 g/mol. The smallest absolute Gasteiger partial charge is 0.136 e. The first-order chi connectivity index (χ1) is 32.7. The maximum Gasteiger partial charge on any atom is 0.136 e. The van der Waals surface area contributed by atoms with Crippen molar-refractivity contribution < 1.29 is 4.42 Å². The molecule has 0 saturated heterocycles. The third-order valence-corrected chi connectivity index (χ3v) is 12.9. The van der Waals surface area contributed by atoms with E-state index in [0.717, 1.165) is 61.6 Å². The van der Waals surface area contributed by atoms with Gasteiger partial charge in [0.15, 0.2) is 0 Å². The van der Waals surface area contributed by atoms with E-state index in [1.165, 1.54) is 54.9 Å². The second kappa shape index (κ2) is 16.8. The lowest BCUT2D eigenvalue weighted by molar-refractivity contribution is 0.632. The molecule has 310 valence electrons. The van der Waals surface area contributed by atoms with E-state index in [0.29, 0.717) is 0 Å². The van der Waals surface area contributed by atoms with Crippen LogP contribution in [0.5, 0.6) is 0 Å². The molecule has 0 N–H and O–H groups in total. The topological polar surface area (TPSA) is 16.4 Å². The Labute approximate surface area is 384 Å². The highest BCUT2D eigenvalue weighted by molar-refractivity contribution is 6.08. The van der Waals surface area contributed by atoms with E-state index in [9.17, 15) is 0 Å². The molecule has 0 saturated carbocycles. The minimum absolute atomic E-state index is 0.875. The fourth-order valence-electron chi connectivity index (χ4n) is 9.64. The van der Waals surface area contributed by atoms with Crippen molar-refractivity contribution in [2.24, 2.45) is 0 Å². The van der Waals surface area contributed by atoms with E-state index >= 15 is 0 Å². The molecular weight excluding hydrogens is 799 g/mol. The molecule has 0 amide bonds. The van der Waals surface area contributed by atoms with Crippen molar-refractivity contribution in [1.82, 2.24) is 0 Å². The molecule has 0 aliphatic rings. The number of para-hydroxylation sites is 1. The van der Waals surface area contributed by atoms with Gasteiger partial charge in [0.25, 0.3) is 0 Å². The van der Waals surface area contributed by atoms with Gasteiger partial charge in [-0.2, -0.15) is 0 Å². The summed E-state index contributed by atoms with van der Waals surface area (Å²) >= 11 is 0. The molecule has 2 nitrogen and oxygen atoms in total. The van der Waals surface area contributed by atoms with E-state index < -0.39 is 0 Å². The van der Waals surface area contributed by atoms with Crippen LogP contribution in [0.4, 0.5) is 17.1 Å². The van der Waals surface area contributed by atoms with Crippen molar-refractivity contribution in [3.8, 4) is 67.0 Å². The fourth-order valence-corrected chi connectivity index (χ4v) is 9.64. The van der Waals surface area contributed by atoms with E-state index in [1.807, 2.05) is 18.2 Å². The minimum atomic E-state index is 0.875. The molecule has 1 aromatic heterocycles. The van der Waals surface area contributed by atoms with Crippen LogP contribution in [0, 0.1) is 0 Å². The standard InChI is InChI=1S/C64H43NO/c1-2-14-46(15-3-1)56-19-7-10-22-60(56)61-23-11-8-20-57(61)49-34-38-53(39-35-49)65(54-40-41-59-50(42-54)31-30-47-16-4-6-18-55(47)59)52-36-32-45(33-37-52)44-26-28-48(29-27-44)58-21-9-12-24-62(58)64-43-51-17-5-13-25-63(51)66-64/h1-43H. The van der Waals surface area contributed by atoms with Crippen LogP contribution in [0.2, 0.25) is 0 Å². The summed E-state index contributed by atoms with van der Waals surface area (Å²) in [6.07, 6.45) is 0. The molecule has 66 heavy (non-hydrogen) atoms. The predicted octanol–water partition coefficient (Wildman–Crippen LogP) is 18.2. The van der Waals surface area contributed by atoms with E-state index in [1.54, 1.807) is 0 Å². The van der Waals surface area contributed by atoms with Gasteiger partial charge in [-0.1, -0.05) is 212 Å². The lowest BCUT2D eigenvalue weighted by atomic mass is 9.89. The number of rotatable bonds is 9.